The third-order valence-electron chi connectivity index (χ3n) is 4.01. The van der Waals surface area contributed by atoms with Gasteiger partial charge in [0.15, 0.2) is 11.5 Å². The zero-order chi connectivity index (χ0) is 18.6. The van der Waals surface area contributed by atoms with E-state index in [2.05, 4.69) is 31.4 Å². The Labute approximate surface area is 153 Å². The standard InChI is InChI=1S/C20H24N2O4/c1-20(2,3)14-4-6-15(7-5-14)22-19(23)21-10-11-24-16-8-9-17-18(12-16)26-13-25-17/h4-9,12H,10-11,13H2,1-3H3,(H2,21,22,23). The second kappa shape index (κ2) is 7.56. The number of rotatable bonds is 5. The lowest BCUT2D eigenvalue weighted by atomic mass is 9.87. The fourth-order valence-corrected chi connectivity index (χ4v) is 2.53. The van der Waals surface area contributed by atoms with Crippen LogP contribution in [0.25, 0.3) is 0 Å². The van der Waals surface area contributed by atoms with Gasteiger partial charge in [0.25, 0.3) is 0 Å². The summed E-state index contributed by atoms with van der Waals surface area (Å²) < 4.78 is 16.2. The maximum Gasteiger partial charge on any atom is 0.319 e. The number of amides is 2. The van der Waals surface area contributed by atoms with Crippen molar-refractivity contribution in [3.8, 4) is 17.2 Å². The van der Waals surface area contributed by atoms with E-state index in [1.807, 2.05) is 30.3 Å². The van der Waals surface area contributed by atoms with Crippen molar-refractivity contribution in [3.05, 3.63) is 48.0 Å². The molecule has 1 aliphatic heterocycles. The molecule has 0 spiro atoms. The molecule has 6 heteroatoms. The number of nitrogens with one attached hydrogen (secondary N) is 2. The number of ether oxygens (including phenoxy) is 3. The van der Waals surface area contributed by atoms with Gasteiger partial charge in [-0.25, -0.2) is 4.79 Å². The zero-order valence-electron chi connectivity index (χ0n) is 15.3. The van der Waals surface area contributed by atoms with Crippen molar-refractivity contribution >= 4 is 11.7 Å². The summed E-state index contributed by atoms with van der Waals surface area (Å²) in [6, 6.07) is 13.0. The van der Waals surface area contributed by atoms with Crippen molar-refractivity contribution in [3.63, 3.8) is 0 Å². The molecule has 138 valence electrons. The molecule has 0 bridgehead atoms. The average Bonchev–Trinajstić information content (AvgIpc) is 3.06. The fraction of sp³-hybridized carbons (Fsp3) is 0.350. The predicted octanol–water partition coefficient (Wildman–Crippen LogP) is 3.91. The topological polar surface area (TPSA) is 68.8 Å². The van der Waals surface area contributed by atoms with E-state index < -0.39 is 0 Å². The third kappa shape index (κ3) is 4.59. The molecule has 0 radical (unpaired) electrons. The van der Waals surface area contributed by atoms with Crippen LogP contribution in [0.4, 0.5) is 10.5 Å². The Morgan fingerprint density at radius 2 is 1.81 bits per heavy atom. The first-order valence-electron chi connectivity index (χ1n) is 8.60. The van der Waals surface area contributed by atoms with Crippen LogP contribution in [-0.2, 0) is 5.41 Å². The molecule has 0 unspecified atom stereocenters. The molecule has 0 saturated heterocycles. The van der Waals surface area contributed by atoms with E-state index >= 15 is 0 Å². The fourth-order valence-electron chi connectivity index (χ4n) is 2.53. The number of hydrogen-bond acceptors (Lipinski definition) is 4. The maximum absolute atomic E-state index is 11.9. The molecule has 3 rings (SSSR count). The minimum absolute atomic E-state index is 0.0901. The highest BCUT2D eigenvalue weighted by Gasteiger charge is 2.14. The molecule has 0 aliphatic carbocycles. The van der Waals surface area contributed by atoms with Crippen LogP contribution in [0.5, 0.6) is 17.2 Å². The summed E-state index contributed by atoms with van der Waals surface area (Å²) in [6.45, 7) is 7.44. The molecule has 0 fully saturated rings. The average molecular weight is 356 g/mol. The molecular weight excluding hydrogens is 332 g/mol. The summed E-state index contributed by atoms with van der Waals surface area (Å²) in [6.07, 6.45) is 0. The van der Waals surface area contributed by atoms with Crippen molar-refractivity contribution in [1.29, 1.82) is 0 Å². The molecule has 26 heavy (non-hydrogen) atoms. The first kappa shape index (κ1) is 17.9. The normalized spacial score (nSPS) is 12.6. The van der Waals surface area contributed by atoms with Gasteiger partial charge in [-0.05, 0) is 35.2 Å². The number of fused-ring (bicyclic) bond motifs is 1. The largest absolute Gasteiger partial charge is 0.492 e. The van der Waals surface area contributed by atoms with Crippen LogP contribution in [0.2, 0.25) is 0 Å². The van der Waals surface area contributed by atoms with Crippen LogP contribution in [0.1, 0.15) is 26.3 Å². The summed E-state index contributed by atoms with van der Waals surface area (Å²) in [7, 11) is 0. The van der Waals surface area contributed by atoms with E-state index in [1.165, 1.54) is 5.56 Å². The second-order valence-electron chi connectivity index (χ2n) is 7.07. The lowest BCUT2D eigenvalue weighted by Crippen LogP contribution is -2.32. The number of carbonyl (C=O) groups is 1. The van der Waals surface area contributed by atoms with Crippen molar-refractivity contribution in [2.75, 3.05) is 25.3 Å². The Morgan fingerprint density at radius 1 is 1.08 bits per heavy atom. The molecule has 2 N–H and O–H groups in total. The van der Waals surface area contributed by atoms with Gasteiger partial charge in [-0.3, -0.25) is 0 Å². The highest BCUT2D eigenvalue weighted by molar-refractivity contribution is 5.89. The molecule has 0 atom stereocenters. The number of benzene rings is 2. The Morgan fingerprint density at radius 3 is 2.54 bits per heavy atom. The molecule has 2 aromatic carbocycles. The summed E-state index contributed by atoms with van der Waals surface area (Å²) in [5.74, 6) is 2.06. The quantitative estimate of drug-likeness (QED) is 0.797. The van der Waals surface area contributed by atoms with Gasteiger partial charge in [-0.15, -0.1) is 0 Å². The maximum atomic E-state index is 11.9. The predicted molar refractivity (Wildman–Crippen MR) is 100 cm³/mol. The van der Waals surface area contributed by atoms with Gasteiger partial charge in [-0.2, -0.15) is 0 Å². The van der Waals surface area contributed by atoms with E-state index in [0.717, 1.165) is 5.69 Å². The number of hydrogen-bond donors (Lipinski definition) is 2. The van der Waals surface area contributed by atoms with E-state index in [9.17, 15) is 4.79 Å². The van der Waals surface area contributed by atoms with Gasteiger partial charge in [-0.1, -0.05) is 32.9 Å². The first-order chi connectivity index (χ1) is 12.4. The van der Waals surface area contributed by atoms with Gasteiger partial charge >= 0.3 is 6.03 Å². The van der Waals surface area contributed by atoms with Gasteiger partial charge in [0.1, 0.15) is 12.4 Å². The number of urea groups is 1. The van der Waals surface area contributed by atoms with Crippen LogP contribution in [-0.4, -0.2) is 26.0 Å². The Kier molecular flexibility index (Phi) is 5.21. The number of anilines is 1. The smallest absolute Gasteiger partial charge is 0.319 e. The van der Waals surface area contributed by atoms with E-state index in [1.54, 1.807) is 12.1 Å². The lowest BCUT2D eigenvalue weighted by molar-refractivity contribution is 0.173. The first-order valence-corrected chi connectivity index (χ1v) is 8.60. The van der Waals surface area contributed by atoms with E-state index in [0.29, 0.717) is 30.4 Å². The highest BCUT2D eigenvalue weighted by Crippen LogP contribution is 2.35. The molecule has 1 heterocycles. The molecule has 6 nitrogen and oxygen atoms in total. The minimum atomic E-state index is -0.261. The Balaban J connectivity index is 1.40. The minimum Gasteiger partial charge on any atom is -0.492 e. The van der Waals surface area contributed by atoms with Crippen molar-refractivity contribution in [2.45, 2.75) is 26.2 Å². The molecular formula is C20H24N2O4. The van der Waals surface area contributed by atoms with E-state index in [-0.39, 0.29) is 18.2 Å². The summed E-state index contributed by atoms with van der Waals surface area (Å²) in [4.78, 5) is 11.9. The molecule has 0 saturated carbocycles. The third-order valence-corrected chi connectivity index (χ3v) is 4.01. The van der Waals surface area contributed by atoms with Gasteiger partial charge < -0.3 is 24.8 Å². The Bertz CT molecular complexity index is 766. The molecule has 1 aliphatic rings. The molecule has 2 amide bonds. The molecule has 0 aromatic heterocycles. The number of carbonyl (C=O) groups excluding carboxylic acids is 1. The van der Waals surface area contributed by atoms with Crippen LogP contribution >= 0.6 is 0 Å². The van der Waals surface area contributed by atoms with Crippen LogP contribution in [0, 0.1) is 0 Å². The summed E-state index contributed by atoms with van der Waals surface area (Å²) in [5, 5.41) is 5.58. The van der Waals surface area contributed by atoms with Crippen molar-refractivity contribution in [1.82, 2.24) is 5.32 Å². The van der Waals surface area contributed by atoms with E-state index in [4.69, 9.17) is 14.2 Å². The SMILES string of the molecule is CC(C)(C)c1ccc(NC(=O)NCCOc2ccc3c(c2)OCO3)cc1. The van der Waals surface area contributed by atoms with Gasteiger partial charge in [0.2, 0.25) is 6.79 Å². The Hall–Kier alpha value is -2.89. The summed E-state index contributed by atoms with van der Waals surface area (Å²) >= 11 is 0. The monoisotopic (exact) mass is 356 g/mol. The van der Waals surface area contributed by atoms with Crippen LogP contribution in [0.15, 0.2) is 42.5 Å². The van der Waals surface area contributed by atoms with Crippen LogP contribution in [0.3, 0.4) is 0 Å². The zero-order valence-corrected chi connectivity index (χ0v) is 15.3. The van der Waals surface area contributed by atoms with Gasteiger partial charge in [0, 0.05) is 11.8 Å². The van der Waals surface area contributed by atoms with Crippen molar-refractivity contribution in [2.24, 2.45) is 0 Å². The van der Waals surface area contributed by atoms with Crippen molar-refractivity contribution < 1.29 is 19.0 Å². The van der Waals surface area contributed by atoms with Crippen LogP contribution < -0.4 is 24.8 Å². The van der Waals surface area contributed by atoms with Gasteiger partial charge in [0.05, 0.1) is 6.54 Å². The molecule has 2 aromatic rings. The highest BCUT2D eigenvalue weighted by atomic mass is 16.7. The second-order valence-corrected chi connectivity index (χ2v) is 7.07. The lowest BCUT2D eigenvalue weighted by Gasteiger charge is -2.19. The summed E-state index contributed by atoms with van der Waals surface area (Å²) in [5.41, 5.74) is 2.07.